The van der Waals surface area contributed by atoms with Crippen molar-refractivity contribution in [2.45, 2.75) is 44.2 Å². The first-order chi connectivity index (χ1) is 17.5. The molecule has 4 rings (SSSR count). The molecule has 9 heteroatoms. The van der Waals surface area contributed by atoms with Crippen LogP contribution in [0.1, 0.15) is 64.6 Å². The van der Waals surface area contributed by atoms with Gasteiger partial charge in [0.2, 0.25) is 5.91 Å². The number of methoxy groups -OCH3 is 1. The summed E-state index contributed by atoms with van der Waals surface area (Å²) in [6, 6.07) is 10.5. The van der Waals surface area contributed by atoms with E-state index in [0.717, 1.165) is 32.1 Å². The van der Waals surface area contributed by atoms with Crippen LogP contribution in [0.4, 0.5) is 10.1 Å². The number of benzene rings is 2. The van der Waals surface area contributed by atoms with Crippen LogP contribution in [0, 0.1) is 5.82 Å². The summed E-state index contributed by atoms with van der Waals surface area (Å²) in [5.74, 6) is -2.06. The Hall–Kier alpha value is -4.14. The second-order valence-corrected chi connectivity index (χ2v) is 8.61. The fraction of sp³-hybridized carbons (Fsp3) is 0.296. The number of halogens is 1. The molecular weight excluding hydrogens is 463 g/mol. The summed E-state index contributed by atoms with van der Waals surface area (Å²) in [6.07, 6.45) is 8.95. The molecule has 2 aromatic carbocycles. The number of rotatable bonds is 7. The topological polar surface area (TPSA) is 101 Å². The molecule has 1 atom stereocenters. The third kappa shape index (κ3) is 5.73. The van der Waals surface area contributed by atoms with Crippen LogP contribution in [0.15, 0.2) is 67.1 Å². The molecular formula is C27H27FN4O4. The molecule has 1 unspecified atom stereocenters. The summed E-state index contributed by atoms with van der Waals surface area (Å²) in [5.41, 5.74) is 0.906. The van der Waals surface area contributed by atoms with Crippen molar-refractivity contribution < 1.29 is 23.5 Å². The van der Waals surface area contributed by atoms with Crippen LogP contribution in [0.25, 0.3) is 0 Å². The molecule has 1 fully saturated rings. The van der Waals surface area contributed by atoms with Gasteiger partial charge in [-0.05, 0) is 48.7 Å². The van der Waals surface area contributed by atoms with Gasteiger partial charge in [0.1, 0.15) is 17.6 Å². The monoisotopic (exact) mass is 490 g/mol. The Bertz CT molecular complexity index is 1210. The molecule has 0 spiro atoms. The predicted molar refractivity (Wildman–Crippen MR) is 131 cm³/mol. The van der Waals surface area contributed by atoms with Gasteiger partial charge in [0.15, 0.2) is 0 Å². The number of ether oxygens (including phenoxy) is 1. The summed E-state index contributed by atoms with van der Waals surface area (Å²) >= 11 is 0. The van der Waals surface area contributed by atoms with Crippen LogP contribution in [0.2, 0.25) is 0 Å². The van der Waals surface area contributed by atoms with Crippen LogP contribution in [-0.4, -0.2) is 40.9 Å². The standard InChI is InChI=1S/C27H27FN4O4/c1-36-27(35)19-6-5-9-22(16-19)32(26(34)23-17-29-14-15-30-23)24(18-10-12-20(28)13-11-18)25(33)31-21-7-3-2-4-8-21/h5-6,9-17,21,24H,2-4,7-8H2,1H3,(H,31,33). The van der Waals surface area contributed by atoms with Crippen molar-refractivity contribution in [3.05, 3.63) is 89.8 Å². The van der Waals surface area contributed by atoms with Gasteiger partial charge in [-0.15, -0.1) is 0 Å². The molecule has 1 aliphatic rings. The Labute approximate surface area is 208 Å². The Balaban J connectivity index is 1.83. The molecule has 1 aromatic heterocycles. The summed E-state index contributed by atoms with van der Waals surface area (Å²) in [5, 5.41) is 3.08. The van der Waals surface area contributed by atoms with Crippen molar-refractivity contribution in [2.75, 3.05) is 12.0 Å². The van der Waals surface area contributed by atoms with E-state index in [1.165, 1.54) is 60.9 Å². The molecule has 1 aliphatic carbocycles. The van der Waals surface area contributed by atoms with E-state index in [1.807, 2.05) is 0 Å². The highest BCUT2D eigenvalue weighted by molar-refractivity contribution is 6.09. The van der Waals surface area contributed by atoms with Crippen LogP contribution >= 0.6 is 0 Å². The molecule has 0 radical (unpaired) electrons. The maximum atomic E-state index is 13.8. The fourth-order valence-corrected chi connectivity index (χ4v) is 4.41. The first-order valence-electron chi connectivity index (χ1n) is 11.8. The van der Waals surface area contributed by atoms with Crippen molar-refractivity contribution in [3.63, 3.8) is 0 Å². The summed E-state index contributed by atoms with van der Waals surface area (Å²) in [4.78, 5) is 49.2. The number of esters is 1. The number of amides is 2. The van der Waals surface area contributed by atoms with Gasteiger partial charge in [0.25, 0.3) is 5.91 Å². The summed E-state index contributed by atoms with van der Waals surface area (Å²) < 4.78 is 18.6. The summed E-state index contributed by atoms with van der Waals surface area (Å²) in [6.45, 7) is 0. The number of carbonyl (C=O) groups is 3. The van der Waals surface area contributed by atoms with Crippen LogP contribution in [0.3, 0.4) is 0 Å². The summed E-state index contributed by atoms with van der Waals surface area (Å²) in [7, 11) is 1.26. The van der Waals surface area contributed by atoms with Crippen molar-refractivity contribution in [1.29, 1.82) is 0 Å². The molecule has 0 saturated heterocycles. The SMILES string of the molecule is COC(=O)c1cccc(N(C(=O)c2cnccn2)C(C(=O)NC2CCCCC2)c2ccc(F)cc2)c1. The number of nitrogens with one attached hydrogen (secondary N) is 1. The van der Waals surface area contributed by atoms with Gasteiger partial charge in [-0.3, -0.25) is 19.5 Å². The quantitative estimate of drug-likeness (QED) is 0.497. The first kappa shape index (κ1) is 25.0. The molecule has 3 aromatic rings. The Morgan fingerprint density at radius 2 is 1.81 bits per heavy atom. The van der Waals surface area contributed by atoms with Crippen molar-refractivity contribution in [3.8, 4) is 0 Å². The normalized spacial score (nSPS) is 14.5. The lowest BCUT2D eigenvalue weighted by Gasteiger charge is -2.33. The van der Waals surface area contributed by atoms with Crippen LogP contribution in [-0.2, 0) is 9.53 Å². The predicted octanol–water partition coefficient (Wildman–Crippen LogP) is 4.24. The van der Waals surface area contributed by atoms with E-state index in [-0.39, 0.29) is 23.0 Å². The zero-order valence-electron chi connectivity index (χ0n) is 19.9. The third-order valence-electron chi connectivity index (χ3n) is 6.19. The van der Waals surface area contributed by atoms with E-state index < -0.39 is 29.6 Å². The molecule has 1 heterocycles. The second-order valence-electron chi connectivity index (χ2n) is 8.61. The van der Waals surface area contributed by atoms with Crippen molar-refractivity contribution in [2.24, 2.45) is 0 Å². The highest BCUT2D eigenvalue weighted by atomic mass is 19.1. The Kier molecular flexibility index (Phi) is 7.99. The van der Waals surface area contributed by atoms with Gasteiger partial charge in [-0.1, -0.05) is 37.5 Å². The molecule has 36 heavy (non-hydrogen) atoms. The van der Waals surface area contributed by atoms with Gasteiger partial charge >= 0.3 is 5.97 Å². The smallest absolute Gasteiger partial charge is 0.337 e. The number of hydrogen-bond acceptors (Lipinski definition) is 6. The highest BCUT2D eigenvalue weighted by Crippen LogP contribution is 2.31. The number of anilines is 1. The van der Waals surface area contributed by atoms with Crippen molar-refractivity contribution >= 4 is 23.5 Å². The van der Waals surface area contributed by atoms with E-state index in [0.29, 0.717) is 5.56 Å². The van der Waals surface area contributed by atoms with Gasteiger partial charge in [0, 0.05) is 24.1 Å². The van der Waals surface area contributed by atoms with E-state index in [1.54, 1.807) is 18.2 Å². The average molecular weight is 491 g/mol. The highest BCUT2D eigenvalue weighted by Gasteiger charge is 2.35. The van der Waals surface area contributed by atoms with Crippen LogP contribution in [0.5, 0.6) is 0 Å². The van der Waals surface area contributed by atoms with E-state index in [9.17, 15) is 18.8 Å². The van der Waals surface area contributed by atoms with E-state index in [2.05, 4.69) is 15.3 Å². The molecule has 1 saturated carbocycles. The largest absolute Gasteiger partial charge is 0.465 e. The van der Waals surface area contributed by atoms with Gasteiger partial charge in [-0.25, -0.2) is 14.2 Å². The maximum absolute atomic E-state index is 13.8. The molecule has 1 N–H and O–H groups in total. The minimum atomic E-state index is -1.16. The third-order valence-corrected chi connectivity index (χ3v) is 6.19. The minimum Gasteiger partial charge on any atom is -0.465 e. The molecule has 186 valence electrons. The molecule has 0 aliphatic heterocycles. The second kappa shape index (κ2) is 11.5. The van der Waals surface area contributed by atoms with Gasteiger partial charge in [0.05, 0.1) is 18.9 Å². The lowest BCUT2D eigenvalue weighted by molar-refractivity contribution is -0.123. The van der Waals surface area contributed by atoms with E-state index in [4.69, 9.17) is 4.74 Å². The lowest BCUT2D eigenvalue weighted by Crippen LogP contribution is -2.47. The Morgan fingerprint density at radius 1 is 1.06 bits per heavy atom. The average Bonchev–Trinajstić information content (AvgIpc) is 2.92. The first-order valence-corrected chi connectivity index (χ1v) is 11.8. The zero-order chi connectivity index (χ0) is 25.5. The number of nitrogens with zero attached hydrogens (tertiary/aromatic N) is 3. The number of aromatic nitrogens is 2. The molecule has 0 bridgehead atoms. The van der Waals surface area contributed by atoms with Gasteiger partial charge < -0.3 is 10.1 Å². The fourth-order valence-electron chi connectivity index (χ4n) is 4.41. The van der Waals surface area contributed by atoms with Crippen molar-refractivity contribution in [1.82, 2.24) is 15.3 Å². The maximum Gasteiger partial charge on any atom is 0.337 e. The lowest BCUT2D eigenvalue weighted by atomic mass is 9.94. The number of carbonyl (C=O) groups excluding carboxylic acids is 3. The van der Waals surface area contributed by atoms with Crippen LogP contribution < -0.4 is 10.2 Å². The zero-order valence-corrected chi connectivity index (χ0v) is 19.9. The molecule has 2 amide bonds. The van der Waals surface area contributed by atoms with E-state index >= 15 is 0 Å². The Morgan fingerprint density at radius 3 is 2.47 bits per heavy atom. The van der Waals surface area contributed by atoms with Gasteiger partial charge in [-0.2, -0.15) is 0 Å². The molecule has 8 nitrogen and oxygen atoms in total. The minimum absolute atomic E-state index is 0.0125. The number of hydrogen-bond donors (Lipinski definition) is 1.